The van der Waals surface area contributed by atoms with E-state index in [1.165, 1.54) is 0 Å². The minimum atomic E-state index is -0.592. The summed E-state index contributed by atoms with van der Waals surface area (Å²) in [6.45, 7) is 4.49. The lowest BCUT2D eigenvalue weighted by atomic mass is 9.84. The Morgan fingerprint density at radius 3 is 2.71 bits per heavy atom. The fraction of sp³-hybridized carbons (Fsp3) is 0.400. The van der Waals surface area contributed by atoms with Crippen LogP contribution in [0.5, 0.6) is 0 Å². The van der Waals surface area contributed by atoms with Gasteiger partial charge in [-0.2, -0.15) is 0 Å². The summed E-state index contributed by atoms with van der Waals surface area (Å²) in [4.78, 5) is 39.6. The summed E-state index contributed by atoms with van der Waals surface area (Å²) in [6, 6.07) is 11.0. The van der Waals surface area contributed by atoms with Gasteiger partial charge in [0.1, 0.15) is 11.6 Å². The first-order valence-corrected chi connectivity index (χ1v) is 9.44. The van der Waals surface area contributed by atoms with Crippen molar-refractivity contribution in [2.75, 3.05) is 37.6 Å². The number of rotatable bonds is 2. The van der Waals surface area contributed by atoms with Crippen molar-refractivity contribution < 1.29 is 14.3 Å². The van der Waals surface area contributed by atoms with Crippen LogP contribution in [0.25, 0.3) is 0 Å². The molecule has 3 aliphatic heterocycles. The molecular weight excluding hydrogens is 358 g/mol. The number of ether oxygens (including phenoxy) is 1. The van der Waals surface area contributed by atoms with E-state index in [1.807, 2.05) is 48.2 Å². The molecule has 1 spiro atoms. The summed E-state index contributed by atoms with van der Waals surface area (Å²) in [6.07, 6.45) is 1.45. The number of hydrogen-bond donors (Lipinski definition) is 0. The SMILES string of the molecule is Cc1nccc(N2CC3(C2)OC(=O)N2CCN(C(=O)c4ccccc4)CC23)n1. The van der Waals surface area contributed by atoms with Crippen molar-refractivity contribution in [3.05, 3.63) is 54.0 Å². The van der Waals surface area contributed by atoms with Crippen molar-refractivity contribution in [3.8, 4) is 0 Å². The van der Waals surface area contributed by atoms with Gasteiger partial charge >= 0.3 is 6.09 Å². The summed E-state index contributed by atoms with van der Waals surface area (Å²) in [5.41, 5.74) is 0.0768. The van der Waals surface area contributed by atoms with E-state index in [2.05, 4.69) is 14.9 Å². The summed E-state index contributed by atoms with van der Waals surface area (Å²) < 4.78 is 5.81. The van der Waals surface area contributed by atoms with Gasteiger partial charge in [-0.05, 0) is 25.1 Å². The molecule has 3 aliphatic rings. The van der Waals surface area contributed by atoms with Crippen LogP contribution < -0.4 is 4.90 Å². The highest BCUT2D eigenvalue weighted by atomic mass is 16.6. The predicted octanol–water partition coefficient (Wildman–Crippen LogP) is 1.32. The maximum atomic E-state index is 12.9. The Bertz CT molecular complexity index is 928. The second kappa shape index (κ2) is 6.19. The number of fused-ring (bicyclic) bond motifs is 2. The fourth-order valence-corrected chi connectivity index (χ4v) is 4.36. The van der Waals surface area contributed by atoms with Gasteiger partial charge in [-0.1, -0.05) is 18.2 Å². The number of carbonyl (C=O) groups is 2. The van der Waals surface area contributed by atoms with E-state index in [0.29, 0.717) is 44.1 Å². The average Bonchev–Trinajstić information content (AvgIpc) is 2.99. The smallest absolute Gasteiger partial charge is 0.411 e. The van der Waals surface area contributed by atoms with Crippen molar-refractivity contribution in [3.63, 3.8) is 0 Å². The highest BCUT2D eigenvalue weighted by molar-refractivity contribution is 5.94. The first-order valence-electron chi connectivity index (χ1n) is 9.44. The van der Waals surface area contributed by atoms with Crippen LogP contribution >= 0.6 is 0 Å². The number of aromatic nitrogens is 2. The third-order valence-corrected chi connectivity index (χ3v) is 5.82. The third kappa shape index (κ3) is 2.59. The molecule has 2 amide bonds. The number of anilines is 1. The molecule has 0 bridgehead atoms. The van der Waals surface area contributed by atoms with Crippen molar-refractivity contribution in [1.29, 1.82) is 0 Å². The molecule has 4 heterocycles. The normalized spacial score (nSPS) is 22.7. The van der Waals surface area contributed by atoms with Crippen LogP contribution in [0.2, 0.25) is 0 Å². The second-order valence-electron chi connectivity index (χ2n) is 7.58. The molecule has 1 unspecified atom stereocenters. The largest absolute Gasteiger partial charge is 0.437 e. The zero-order chi connectivity index (χ0) is 19.3. The molecular formula is C20H21N5O3. The van der Waals surface area contributed by atoms with Crippen LogP contribution in [0.4, 0.5) is 10.6 Å². The summed E-state index contributed by atoms with van der Waals surface area (Å²) in [5.74, 6) is 1.54. The van der Waals surface area contributed by atoms with E-state index >= 15 is 0 Å². The molecule has 2 aromatic rings. The highest BCUT2D eigenvalue weighted by Gasteiger charge is 2.62. The number of benzene rings is 1. The molecule has 5 rings (SSSR count). The molecule has 3 saturated heterocycles. The first-order chi connectivity index (χ1) is 13.6. The van der Waals surface area contributed by atoms with Gasteiger partial charge in [0.2, 0.25) is 0 Å². The molecule has 0 radical (unpaired) electrons. The molecule has 0 aliphatic carbocycles. The van der Waals surface area contributed by atoms with Crippen LogP contribution in [0, 0.1) is 6.92 Å². The van der Waals surface area contributed by atoms with Gasteiger partial charge in [0, 0.05) is 31.4 Å². The number of piperazine rings is 1. The van der Waals surface area contributed by atoms with Crippen LogP contribution in [0.1, 0.15) is 16.2 Å². The van der Waals surface area contributed by atoms with Crippen LogP contribution in [-0.4, -0.2) is 76.1 Å². The minimum Gasteiger partial charge on any atom is -0.437 e. The lowest BCUT2D eigenvalue weighted by Crippen LogP contribution is -2.71. The summed E-state index contributed by atoms with van der Waals surface area (Å²) >= 11 is 0. The van der Waals surface area contributed by atoms with Crippen LogP contribution in [0.3, 0.4) is 0 Å². The molecule has 1 atom stereocenters. The Morgan fingerprint density at radius 1 is 1.18 bits per heavy atom. The summed E-state index contributed by atoms with van der Waals surface area (Å²) in [7, 11) is 0. The molecule has 8 heteroatoms. The molecule has 0 saturated carbocycles. The number of nitrogens with zero attached hydrogens (tertiary/aromatic N) is 5. The Labute approximate surface area is 162 Å². The second-order valence-corrected chi connectivity index (χ2v) is 7.58. The number of aryl methyl sites for hydroxylation is 1. The Morgan fingerprint density at radius 2 is 1.96 bits per heavy atom. The van der Waals surface area contributed by atoms with Gasteiger partial charge in [0.15, 0.2) is 5.60 Å². The fourth-order valence-electron chi connectivity index (χ4n) is 4.36. The van der Waals surface area contributed by atoms with Gasteiger partial charge in [-0.15, -0.1) is 0 Å². The van der Waals surface area contributed by atoms with Gasteiger partial charge in [-0.3, -0.25) is 9.69 Å². The molecule has 0 N–H and O–H groups in total. The van der Waals surface area contributed by atoms with Crippen LogP contribution in [0.15, 0.2) is 42.6 Å². The van der Waals surface area contributed by atoms with Crippen molar-refractivity contribution in [1.82, 2.24) is 19.8 Å². The number of amides is 2. The van der Waals surface area contributed by atoms with E-state index < -0.39 is 5.60 Å². The summed E-state index contributed by atoms with van der Waals surface area (Å²) in [5, 5.41) is 0. The van der Waals surface area contributed by atoms with Crippen LogP contribution in [-0.2, 0) is 4.74 Å². The standard InChI is InChI=1S/C20H21N5O3/c1-14-21-8-7-17(22-14)24-12-20(13-24)16-11-23(9-10-25(16)19(27)28-20)18(26)15-5-3-2-4-6-15/h2-8,16H,9-13H2,1H3. The number of carbonyl (C=O) groups excluding carboxylic acids is 2. The Hall–Kier alpha value is -3.16. The molecule has 3 fully saturated rings. The molecule has 8 nitrogen and oxygen atoms in total. The Balaban J connectivity index is 1.34. The quantitative estimate of drug-likeness (QED) is 0.783. The predicted molar refractivity (Wildman–Crippen MR) is 101 cm³/mol. The maximum absolute atomic E-state index is 12.9. The zero-order valence-electron chi connectivity index (χ0n) is 15.6. The van der Waals surface area contributed by atoms with E-state index in [-0.39, 0.29) is 18.0 Å². The minimum absolute atomic E-state index is 0.00245. The maximum Gasteiger partial charge on any atom is 0.411 e. The van der Waals surface area contributed by atoms with Gasteiger partial charge in [0.05, 0.1) is 19.1 Å². The van der Waals surface area contributed by atoms with Gasteiger partial charge < -0.3 is 14.5 Å². The lowest BCUT2D eigenvalue weighted by Gasteiger charge is -2.51. The van der Waals surface area contributed by atoms with Crippen molar-refractivity contribution in [2.24, 2.45) is 0 Å². The average molecular weight is 379 g/mol. The lowest BCUT2D eigenvalue weighted by molar-refractivity contribution is -0.00671. The molecule has 28 heavy (non-hydrogen) atoms. The molecule has 1 aromatic heterocycles. The third-order valence-electron chi connectivity index (χ3n) is 5.82. The van der Waals surface area contributed by atoms with Crippen molar-refractivity contribution in [2.45, 2.75) is 18.6 Å². The topological polar surface area (TPSA) is 78.9 Å². The van der Waals surface area contributed by atoms with E-state index in [4.69, 9.17) is 4.74 Å². The first kappa shape index (κ1) is 17.0. The number of hydrogen-bond acceptors (Lipinski definition) is 6. The zero-order valence-corrected chi connectivity index (χ0v) is 15.6. The van der Waals surface area contributed by atoms with E-state index in [9.17, 15) is 9.59 Å². The molecule has 1 aromatic carbocycles. The monoisotopic (exact) mass is 379 g/mol. The van der Waals surface area contributed by atoms with Gasteiger partial charge in [0.25, 0.3) is 5.91 Å². The Kier molecular flexibility index (Phi) is 3.75. The van der Waals surface area contributed by atoms with Crippen molar-refractivity contribution >= 4 is 17.8 Å². The molecule has 144 valence electrons. The van der Waals surface area contributed by atoms with E-state index in [1.54, 1.807) is 11.1 Å². The van der Waals surface area contributed by atoms with E-state index in [0.717, 1.165) is 5.82 Å². The van der Waals surface area contributed by atoms with Gasteiger partial charge in [-0.25, -0.2) is 14.8 Å². The highest BCUT2D eigenvalue weighted by Crippen LogP contribution is 2.41.